The third-order valence-corrected chi connectivity index (χ3v) is 9.75. The average molecular weight is 375 g/mol. The number of Topliss-reactive ketones (excluding diaryl/α,β-unsaturated/α-hetero) is 1. The van der Waals surface area contributed by atoms with Gasteiger partial charge in [0.05, 0.1) is 12.7 Å². The Morgan fingerprint density at radius 3 is 2.12 bits per heavy atom. The number of aliphatic hydroxyl groups is 1. The van der Waals surface area contributed by atoms with Crippen LogP contribution >= 0.6 is 0 Å². The molecular formula is C19H38O5Si. The van der Waals surface area contributed by atoms with Crippen molar-refractivity contribution in [3.63, 3.8) is 0 Å². The van der Waals surface area contributed by atoms with E-state index in [1.165, 1.54) is 0 Å². The fraction of sp³-hybridized carbons (Fsp3) is 0.947. The minimum atomic E-state index is -1.93. The van der Waals surface area contributed by atoms with Crippen LogP contribution in [0.25, 0.3) is 0 Å². The van der Waals surface area contributed by atoms with Crippen molar-refractivity contribution in [2.45, 2.75) is 104 Å². The summed E-state index contributed by atoms with van der Waals surface area (Å²) >= 11 is 0. The van der Waals surface area contributed by atoms with Crippen molar-refractivity contribution in [3.8, 4) is 0 Å². The van der Waals surface area contributed by atoms with E-state index in [4.69, 9.17) is 13.9 Å². The lowest BCUT2D eigenvalue weighted by atomic mass is 9.86. The highest BCUT2D eigenvalue weighted by molar-refractivity contribution is 6.74. The van der Waals surface area contributed by atoms with Gasteiger partial charge in [-0.25, -0.2) is 0 Å². The fourth-order valence-corrected chi connectivity index (χ4v) is 3.45. The molecule has 1 aliphatic rings. The Balaban J connectivity index is 2.81. The summed E-state index contributed by atoms with van der Waals surface area (Å²) in [6.45, 7) is 20.5. The molecule has 1 saturated heterocycles. The van der Waals surface area contributed by atoms with Crippen LogP contribution in [0.3, 0.4) is 0 Å². The van der Waals surface area contributed by atoms with Gasteiger partial charge >= 0.3 is 0 Å². The third kappa shape index (κ3) is 6.14. The molecule has 1 heterocycles. The highest BCUT2D eigenvalue weighted by Gasteiger charge is 2.47. The van der Waals surface area contributed by atoms with Crippen LogP contribution in [0.2, 0.25) is 18.1 Å². The summed E-state index contributed by atoms with van der Waals surface area (Å²) < 4.78 is 18.1. The summed E-state index contributed by atoms with van der Waals surface area (Å²) in [7, 11) is -1.93. The Kier molecular flexibility index (Phi) is 6.73. The molecule has 0 aromatic heterocycles. The van der Waals surface area contributed by atoms with Crippen LogP contribution in [0, 0.1) is 5.41 Å². The third-order valence-electron chi connectivity index (χ3n) is 5.25. The molecule has 25 heavy (non-hydrogen) atoms. The van der Waals surface area contributed by atoms with Crippen LogP contribution < -0.4 is 0 Å². The summed E-state index contributed by atoms with van der Waals surface area (Å²) in [5.41, 5.74) is -0.483. The molecule has 3 atom stereocenters. The smallest absolute Gasteiger partial charge is 0.192 e. The Bertz CT molecular complexity index is 473. The average Bonchev–Trinajstić information content (AvgIpc) is 2.69. The van der Waals surface area contributed by atoms with E-state index in [2.05, 4.69) is 33.9 Å². The second-order valence-electron chi connectivity index (χ2n) is 10.2. The lowest BCUT2D eigenvalue weighted by molar-refractivity contribution is -0.158. The molecule has 0 aromatic carbocycles. The molecule has 5 nitrogen and oxygen atoms in total. The van der Waals surface area contributed by atoms with Gasteiger partial charge in [-0.05, 0) is 32.0 Å². The second kappa shape index (κ2) is 7.39. The molecule has 1 aliphatic heterocycles. The van der Waals surface area contributed by atoms with Crippen molar-refractivity contribution >= 4 is 14.1 Å². The Morgan fingerprint density at radius 1 is 1.16 bits per heavy atom. The maximum absolute atomic E-state index is 12.3. The number of aliphatic hydroxyl groups excluding tert-OH is 1. The van der Waals surface area contributed by atoms with E-state index in [-0.39, 0.29) is 23.3 Å². The second-order valence-corrected chi connectivity index (χ2v) is 15.0. The molecule has 0 aromatic rings. The molecule has 148 valence electrons. The molecule has 0 aliphatic carbocycles. The molecule has 0 radical (unpaired) electrons. The van der Waals surface area contributed by atoms with Gasteiger partial charge in [0.15, 0.2) is 14.1 Å². The molecule has 0 saturated carbocycles. The molecule has 0 bridgehead atoms. The first-order valence-corrected chi connectivity index (χ1v) is 12.1. The van der Waals surface area contributed by atoms with Crippen LogP contribution in [-0.2, 0) is 18.7 Å². The first-order valence-electron chi connectivity index (χ1n) is 9.17. The van der Waals surface area contributed by atoms with E-state index in [0.29, 0.717) is 6.61 Å². The molecule has 0 unspecified atom stereocenters. The molecule has 1 rings (SSSR count). The number of ether oxygens (including phenoxy) is 2. The van der Waals surface area contributed by atoms with Crippen molar-refractivity contribution < 1.29 is 23.8 Å². The molecular weight excluding hydrogens is 336 g/mol. The Hall–Kier alpha value is -0.273. The zero-order chi connectivity index (χ0) is 19.8. The Labute approximate surface area is 154 Å². The zero-order valence-electron chi connectivity index (χ0n) is 17.7. The van der Waals surface area contributed by atoms with E-state index >= 15 is 0 Å². The first kappa shape index (κ1) is 22.8. The number of ketones is 1. The predicted octanol–water partition coefficient (Wildman–Crippen LogP) is 3.89. The monoisotopic (exact) mass is 374 g/mol. The highest BCUT2D eigenvalue weighted by atomic mass is 28.4. The van der Waals surface area contributed by atoms with Gasteiger partial charge < -0.3 is 19.0 Å². The number of hydrogen-bond donors (Lipinski definition) is 1. The summed E-state index contributed by atoms with van der Waals surface area (Å²) in [4.78, 5) is 12.3. The maximum atomic E-state index is 12.3. The Morgan fingerprint density at radius 2 is 1.68 bits per heavy atom. The minimum absolute atomic E-state index is 0.0115. The number of rotatable bonds is 6. The van der Waals surface area contributed by atoms with E-state index in [0.717, 1.165) is 0 Å². The van der Waals surface area contributed by atoms with Gasteiger partial charge in [-0.15, -0.1) is 0 Å². The standard InChI is InChI=1S/C19H38O5Si/c1-17(2,3)15(21)11-13(20)16-14(23-19(7,8)24-16)12-22-25(9,10)18(4,5)6/h13-14,16,20H,11-12H2,1-10H3/t13-,14+,16+/m1/s1. The SMILES string of the molecule is CC1(C)O[C@@H]([C@H](O)CC(=O)C(C)(C)C)[C@H](CO[Si](C)(C)C(C)(C)C)O1. The van der Waals surface area contributed by atoms with Crippen molar-refractivity contribution in [1.82, 2.24) is 0 Å². The quantitative estimate of drug-likeness (QED) is 0.715. The van der Waals surface area contributed by atoms with Crippen LogP contribution in [0.1, 0.15) is 61.8 Å². The van der Waals surface area contributed by atoms with E-state index in [1.807, 2.05) is 34.6 Å². The molecule has 0 spiro atoms. The largest absolute Gasteiger partial charge is 0.414 e. The zero-order valence-corrected chi connectivity index (χ0v) is 18.7. The van der Waals surface area contributed by atoms with Gasteiger partial charge in [0.2, 0.25) is 0 Å². The summed E-state index contributed by atoms with van der Waals surface area (Å²) in [5.74, 6) is -0.782. The van der Waals surface area contributed by atoms with Gasteiger partial charge in [0.1, 0.15) is 18.0 Å². The van der Waals surface area contributed by atoms with Crippen LogP contribution in [0.15, 0.2) is 0 Å². The normalized spacial score (nSPS) is 25.9. The molecule has 0 amide bonds. The predicted molar refractivity (Wildman–Crippen MR) is 102 cm³/mol. The molecule has 1 N–H and O–H groups in total. The van der Waals surface area contributed by atoms with Gasteiger partial charge in [0.25, 0.3) is 0 Å². The first-order chi connectivity index (χ1) is 11.0. The topological polar surface area (TPSA) is 65.0 Å². The van der Waals surface area contributed by atoms with Crippen LogP contribution in [-0.4, -0.2) is 49.9 Å². The number of carbonyl (C=O) groups is 1. The minimum Gasteiger partial charge on any atom is -0.414 e. The van der Waals surface area contributed by atoms with E-state index in [1.54, 1.807) is 0 Å². The van der Waals surface area contributed by atoms with Crippen LogP contribution in [0.4, 0.5) is 0 Å². The van der Waals surface area contributed by atoms with E-state index in [9.17, 15) is 9.90 Å². The molecule has 6 heteroatoms. The van der Waals surface area contributed by atoms with Gasteiger partial charge in [0, 0.05) is 11.8 Å². The number of hydrogen-bond acceptors (Lipinski definition) is 5. The van der Waals surface area contributed by atoms with Crippen molar-refractivity contribution in [2.75, 3.05) is 6.61 Å². The fourth-order valence-electron chi connectivity index (χ4n) is 2.44. The van der Waals surface area contributed by atoms with Gasteiger partial charge in [-0.1, -0.05) is 41.5 Å². The highest BCUT2D eigenvalue weighted by Crippen LogP contribution is 2.38. The van der Waals surface area contributed by atoms with Crippen molar-refractivity contribution in [1.29, 1.82) is 0 Å². The summed E-state index contributed by atoms with van der Waals surface area (Å²) in [6.07, 6.45) is -1.79. The van der Waals surface area contributed by atoms with Gasteiger partial charge in [-0.3, -0.25) is 4.79 Å². The summed E-state index contributed by atoms with van der Waals surface area (Å²) in [6, 6.07) is 0. The van der Waals surface area contributed by atoms with Crippen LogP contribution in [0.5, 0.6) is 0 Å². The lowest BCUT2D eigenvalue weighted by Crippen LogP contribution is -2.46. The molecule has 1 fully saturated rings. The number of carbonyl (C=O) groups excluding carboxylic acids is 1. The lowest BCUT2D eigenvalue weighted by Gasteiger charge is -2.37. The summed E-state index contributed by atoms with van der Waals surface area (Å²) in [5, 5.41) is 10.7. The van der Waals surface area contributed by atoms with Crippen molar-refractivity contribution in [3.05, 3.63) is 0 Å². The maximum Gasteiger partial charge on any atom is 0.192 e. The van der Waals surface area contributed by atoms with E-state index < -0.39 is 31.7 Å². The van der Waals surface area contributed by atoms with Gasteiger partial charge in [-0.2, -0.15) is 0 Å². The van der Waals surface area contributed by atoms with Crippen molar-refractivity contribution in [2.24, 2.45) is 5.41 Å².